The number of hydrogen-bond acceptors (Lipinski definition) is 5. The molecule has 1 aromatic rings. The summed E-state index contributed by atoms with van der Waals surface area (Å²) in [6.45, 7) is 5.43. The summed E-state index contributed by atoms with van der Waals surface area (Å²) in [6, 6.07) is 4.45. The minimum atomic E-state index is -4.53. The number of carbonyl (C=O) groups is 3. The number of ether oxygens (including phenoxy) is 2. The molecular formula is C21H22F3NO5. The standard InChI is InChI=1S/C21H22F3NO5/c1-18(2)19(3)8-9-20(18,30-16(19)27)17(28)29-14-7-10-25(15(14)26)13-6-4-5-12(11-13)21(22,23)24/h4-6,11,14H,7-10H2,1-3H3. The maximum Gasteiger partial charge on any atom is 0.416 e. The Hall–Kier alpha value is -2.58. The van der Waals surface area contributed by atoms with Gasteiger partial charge in [0.25, 0.3) is 5.91 Å². The summed E-state index contributed by atoms with van der Waals surface area (Å²) in [5.41, 5.74) is -3.85. The molecule has 6 nitrogen and oxygen atoms in total. The number of nitrogens with zero attached hydrogens (tertiary/aromatic N) is 1. The highest BCUT2D eigenvalue weighted by molar-refractivity contribution is 6.01. The molecule has 3 atom stereocenters. The number of hydrogen-bond donors (Lipinski definition) is 0. The van der Waals surface area contributed by atoms with Crippen molar-refractivity contribution in [1.29, 1.82) is 0 Å². The molecule has 9 heteroatoms. The molecule has 1 aliphatic carbocycles. The van der Waals surface area contributed by atoms with Crippen LogP contribution in [0.4, 0.5) is 18.9 Å². The van der Waals surface area contributed by atoms with Crippen LogP contribution in [0.25, 0.3) is 0 Å². The first-order chi connectivity index (χ1) is 13.8. The second-order valence-corrected chi connectivity index (χ2v) is 8.89. The number of halogens is 3. The minimum absolute atomic E-state index is 0.0904. The molecule has 1 amide bonds. The predicted molar refractivity (Wildman–Crippen MR) is 98.2 cm³/mol. The topological polar surface area (TPSA) is 72.9 Å². The van der Waals surface area contributed by atoms with Crippen LogP contribution in [0, 0.1) is 10.8 Å². The van der Waals surface area contributed by atoms with Crippen LogP contribution in [0.1, 0.15) is 45.6 Å². The summed E-state index contributed by atoms with van der Waals surface area (Å²) < 4.78 is 49.9. The molecule has 0 aromatic heterocycles. The molecule has 0 radical (unpaired) electrons. The first-order valence-corrected chi connectivity index (χ1v) is 9.77. The predicted octanol–water partition coefficient (Wildman–Crippen LogP) is 3.48. The molecule has 1 aromatic carbocycles. The number of esters is 2. The number of carbonyl (C=O) groups excluding carboxylic acids is 3. The van der Waals surface area contributed by atoms with Gasteiger partial charge in [-0.1, -0.05) is 19.9 Å². The lowest BCUT2D eigenvalue weighted by Crippen LogP contribution is -2.50. The van der Waals surface area contributed by atoms with Crippen molar-refractivity contribution in [3.63, 3.8) is 0 Å². The summed E-state index contributed by atoms with van der Waals surface area (Å²) in [5, 5.41) is 0. The maximum atomic E-state index is 13.0. The van der Waals surface area contributed by atoms with Gasteiger partial charge in [-0.05, 0) is 38.0 Å². The van der Waals surface area contributed by atoms with Crippen molar-refractivity contribution in [3.05, 3.63) is 29.8 Å². The van der Waals surface area contributed by atoms with Crippen LogP contribution in [0.15, 0.2) is 24.3 Å². The largest absolute Gasteiger partial charge is 0.449 e. The second kappa shape index (κ2) is 6.21. The van der Waals surface area contributed by atoms with E-state index in [1.54, 1.807) is 20.8 Å². The van der Waals surface area contributed by atoms with Crippen LogP contribution in [0.5, 0.6) is 0 Å². The molecule has 2 heterocycles. The first kappa shape index (κ1) is 20.7. The van der Waals surface area contributed by atoms with Crippen LogP contribution < -0.4 is 4.90 Å². The van der Waals surface area contributed by atoms with E-state index in [-0.39, 0.29) is 18.7 Å². The van der Waals surface area contributed by atoms with Crippen molar-refractivity contribution in [2.75, 3.05) is 11.4 Å². The Bertz CT molecular complexity index is 943. The third-order valence-electron chi connectivity index (χ3n) is 7.30. The van der Waals surface area contributed by atoms with Gasteiger partial charge in [-0.3, -0.25) is 9.59 Å². The molecule has 3 fully saturated rings. The normalized spacial score (nSPS) is 32.5. The van der Waals surface area contributed by atoms with E-state index in [1.807, 2.05) is 0 Å². The highest BCUT2D eigenvalue weighted by atomic mass is 19.4. The summed E-state index contributed by atoms with van der Waals surface area (Å²) in [7, 11) is 0. The van der Waals surface area contributed by atoms with Crippen molar-refractivity contribution in [2.45, 2.75) is 57.9 Å². The molecule has 4 rings (SSSR count). The van der Waals surface area contributed by atoms with E-state index in [4.69, 9.17) is 9.47 Å². The van der Waals surface area contributed by atoms with E-state index in [0.29, 0.717) is 12.8 Å². The summed E-state index contributed by atoms with van der Waals surface area (Å²) in [6.07, 6.45) is -4.75. The molecule has 2 saturated heterocycles. The number of rotatable bonds is 3. The molecule has 2 aliphatic heterocycles. The van der Waals surface area contributed by atoms with Gasteiger partial charge in [-0.15, -0.1) is 0 Å². The lowest BCUT2D eigenvalue weighted by molar-refractivity contribution is -0.187. The lowest BCUT2D eigenvalue weighted by Gasteiger charge is -2.35. The Labute approximate surface area is 171 Å². The summed E-state index contributed by atoms with van der Waals surface area (Å²) >= 11 is 0. The lowest BCUT2D eigenvalue weighted by atomic mass is 9.66. The average molecular weight is 425 g/mol. The SMILES string of the molecule is CC12CCC(C(=O)OC3CCN(c4cccc(C(F)(F)F)c4)C3=O)(OC1=O)C2(C)C. The van der Waals surface area contributed by atoms with Crippen LogP contribution in [-0.4, -0.2) is 36.1 Å². The Morgan fingerprint density at radius 3 is 2.47 bits per heavy atom. The van der Waals surface area contributed by atoms with Crippen molar-refractivity contribution >= 4 is 23.5 Å². The molecule has 3 aliphatic rings. The fourth-order valence-corrected chi connectivity index (χ4v) is 4.80. The Morgan fingerprint density at radius 1 is 1.20 bits per heavy atom. The highest BCUT2D eigenvalue weighted by Gasteiger charge is 2.76. The van der Waals surface area contributed by atoms with Crippen molar-refractivity contribution in [3.8, 4) is 0 Å². The quantitative estimate of drug-likeness (QED) is 0.694. The smallest absolute Gasteiger partial charge is 0.416 e. The fraction of sp³-hybridized carbons (Fsp3) is 0.571. The average Bonchev–Trinajstić information content (AvgIpc) is 3.17. The van der Waals surface area contributed by atoms with Crippen LogP contribution in [-0.2, 0) is 30.0 Å². The zero-order chi connectivity index (χ0) is 22.1. The number of fused-ring (bicyclic) bond motifs is 2. The van der Waals surface area contributed by atoms with Crippen molar-refractivity contribution in [2.24, 2.45) is 10.8 Å². The Morgan fingerprint density at radius 2 is 1.90 bits per heavy atom. The molecule has 0 spiro atoms. The summed E-state index contributed by atoms with van der Waals surface area (Å²) in [5.74, 6) is -1.83. The van der Waals surface area contributed by atoms with E-state index in [0.717, 1.165) is 12.1 Å². The van der Waals surface area contributed by atoms with Gasteiger partial charge >= 0.3 is 18.1 Å². The van der Waals surface area contributed by atoms with Gasteiger partial charge in [-0.25, -0.2) is 4.79 Å². The van der Waals surface area contributed by atoms with E-state index < -0.39 is 52.1 Å². The number of benzene rings is 1. The zero-order valence-electron chi connectivity index (χ0n) is 16.8. The van der Waals surface area contributed by atoms with Gasteiger partial charge in [0.2, 0.25) is 5.60 Å². The monoisotopic (exact) mass is 425 g/mol. The van der Waals surface area contributed by atoms with Gasteiger partial charge in [0.05, 0.1) is 11.0 Å². The van der Waals surface area contributed by atoms with Crippen LogP contribution >= 0.6 is 0 Å². The number of anilines is 1. The van der Waals surface area contributed by atoms with Gasteiger partial charge in [-0.2, -0.15) is 13.2 Å². The molecule has 3 unspecified atom stereocenters. The molecule has 2 bridgehead atoms. The van der Waals surface area contributed by atoms with Gasteiger partial charge in [0.15, 0.2) is 6.10 Å². The number of alkyl halides is 3. The maximum absolute atomic E-state index is 13.0. The Kier molecular flexibility index (Phi) is 4.28. The molecular weight excluding hydrogens is 403 g/mol. The van der Waals surface area contributed by atoms with Crippen LogP contribution in [0.2, 0.25) is 0 Å². The second-order valence-electron chi connectivity index (χ2n) is 8.89. The van der Waals surface area contributed by atoms with Crippen molar-refractivity contribution in [1.82, 2.24) is 0 Å². The van der Waals surface area contributed by atoms with Gasteiger partial charge in [0, 0.05) is 24.1 Å². The minimum Gasteiger partial charge on any atom is -0.449 e. The van der Waals surface area contributed by atoms with Gasteiger partial charge < -0.3 is 14.4 Å². The van der Waals surface area contributed by atoms with Crippen molar-refractivity contribution < 1.29 is 37.0 Å². The molecule has 30 heavy (non-hydrogen) atoms. The van der Waals surface area contributed by atoms with E-state index in [2.05, 4.69) is 0 Å². The fourth-order valence-electron chi connectivity index (χ4n) is 4.80. The highest BCUT2D eigenvalue weighted by Crippen LogP contribution is 2.65. The molecule has 0 N–H and O–H groups in total. The third-order valence-corrected chi connectivity index (χ3v) is 7.30. The number of amides is 1. The summed E-state index contributed by atoms with van der Waals surface area (Å²) in [4.78, 5) is 39.3. The van der Waals surface area contributed by atoms with Gasteiger partial charge in [0.1, 0.15) is 0 Å². The van der Waals surface area contributed by atoms with Crippen LogP contribution in [0.3, 0.4) is 0 Å². The zero-order valence-corrected chi connectivity index (χ0v) is 16.8. The van der Waals surface area contributed by atoms with E-state index in [1.165, 1.54) is 17.0 Å². The first-order valence-electron chi connectivity index (χ1n) is 9.77. The third kappa shape index (κ3) is 2.60. The van der Waals surface area contributed by atoms with E-state index in [9.17, 15) is 27.6 Å². The molecule has 162 valence electrons. The Balaban J connectivity index is 1.52. The van der Waals surface area contributed by atoms with E-state index >= 15 is 0 Å². The molecule has 1 saturated carbocycles.